The lowest BCUT2D eigenvalue weighted by Gasteiger charge is -2.32. The molecule has 0 saturated carbocycles. The summed E-state index contributed by atoms with van der Waals surface area (Å²) in [6.07, 6.45) is 1.86. The number of hydrogen-bond acceptors (Lipinski definition) is 3. The molecular weight excluding hydrogens is 273 g/mol. The van der Waals surface area contributed by atoms with Gasteiger partial charge in [0.05, 0.1) is 16.7 Å². The lowest BCUT2D eigenvalue weighted by atomic mass is 9.79. The highest BCUT2D eigenvalue weighted by atomic mass is 16.7. The number of rotatable bonds is 2. The highest BCUT2D eigenvalue weighted by Gasteiger charge is 2.51. The highest BCUT2D eigenvalue weighted by molar-refractivity contribution is 6.62. The summed E-state index contributed by atoms with van der Waals surface area (Å²) in [6, 6.07) is 8.57. The van der Waals surface area contributed by atoms with Crippen LogP contribution in [-0.4, -0.2) is 23.3 Å². The minimum atomic E-state index is -0.357. The first-order chi connectivity index (χ1) is 10.2. The summed E-state index contributed by atoms with van der Waals surface area (Å²) >= 11 is 0. The van der Waals surface area contributed by atoms with E-state index in [9.17, 15) is 0 Å². The molecule has 1 aromatic heterocycles. The second-order valence-electron chi connectivity index (χ2n) is 7.46. The maximum atomic E-state index is 6.11. The Morgan fingerprint density at radius 2 is 1.64 bits per heavy atom. The van der Waals surface area contributed by atoms with Crippen LogP contribution in [0.3, 0.4) is 0 Å². The van der Waals surface area contributed by atoms with Gasteiger partial charge in [-0.15, -0.1) is 0 Å². The molecule has 3 nitrogen and oxygen atoms in total. The van der Waals surface area contributed by atoms with Crippen molar-refractivity contribution in [3.8, 4) is 0 Å². The van der Waals surface area contributed by atoms with Crippen LogP contribution in [0.5, 0.6) is 0 Å². The van der Waals surface area contributed by atoms with E-state index in [1.165, 1.54) is 5.56 Å². The molecule has 1 saturated heterocycles. The number of aromatic nitrogens is 1. The maximum Gasteiger partial charge on any atom is 0.496 e. The van der Waals surface area contributed by atoms with Gasteiger partial charge in [-0.25, -0.2) is 0 Å². The maximum absolute atomic E-state index is 6.11. The van der Waals surface area contributed by atoms with Crippen LogP contribution in [0.4, 0.5) is 0 Å². The molecule has 2 aromatic rings. The molecule has 4 heteroatoms. The van der Waals surface area contributed by atoms with Gasteiger partial charge in [0.1, 0.15) is 0 Å². The van der Waals surface area contributed by atoms with Crippen LogP contribution in [-0.2, 0) is 9.31 Å². The zero-order valence-electron chi connectivity index (χ0n) is 14.3. The summed E-state index contributed by atoms with van der Waals surface area (Å²) in [6.45, 7) is 12.7. The standard InChI is InChI=1S/C18H24BNO2/c1-12(2)13-7-8-16-14(9-13)10-15(11-20-16)19-21-17(3,4)18(5,6)22-19/h7-12H,1-6H3. The van der Waals surface area contributed by atoms with Crippen LogP contribution >= 0.6 is 0 Å². The van der Waals surface area contributed by atoms with Gasteiger partial charge in [0, 0.05) is 17.0 Å². The average molecular weight is 297 g/mol. The highest BCUT2D eigenvalue weighted by Crippen LogP contribution is 2.36. The molecule has 3 rings (SSSR count). The molecular formula is C18H24BNO2. The predicted molar refractivity (Wildman–Crippen MR) is 91.5 cm³/mol. The lowest BCUT2D eigenvalue weighted by molar-refractivity contribution is 0.00578. The average Bonchev–Trinajstić information content (AvgIpc) is 2.66. The van der Waals surface area contributed by atoms with E-state index in [-0.39, 0.29) is 18.3 Å². The van der Waals surface area contributed by atoms with Crippen molar-refractivity contribution in [2.24, 2.45) is 0 Å². The molecule has 1 aromatic carbocycles. The molecule has 1 aliphatic heterocycles. The fourth-order valence-electron chi connectivity index (χ4n) is 2.63. The summed E-state index contributed by atoms with van der Waals surface area (Å²) in [5.74, 6) is 0.505. The van der Waals surface area contributed by atoms with E-state index in [0.29, 0.717) is 5.92 Å². The molecule has 0 N–H and O–H groups in total. The van der Waals surface area contributed by atoms with Gasteiger partial charge in [0.2, 0.25) is 0 Å². The molecule has 0 radical (unpaired) electrons. The topological polar surface area (TPSA) is 31.4 Å². The van der Waals surface area contributed by atoms with E-state index in [1.807, 2.05) is 6.20 Å². The second-order valence-corrected chi connectivity index (χ2v) is 7.46. The molecule has 22 heavy (non-hydrogen) atoms. The summed E-state index contributed by atoms with van der Waals surface area (Å²) in [5.41, 5.74) is 2.65. The summed E-state index contributed by atoms with van der Waals surface area (Å²) in [7, 11) is -0.357. The molecule has 0 bridgehead atoms. The zero-order chi connectivity index (χ0) is 16.1. The van der Waals surface area contributed by atoms with Crippen molar-refractivity contribution in [3.05, 3.63) is 36.0 Å². The molecule has 1 aliphatic rings. The summed E-state index contributed by atoms with van der Waals surface area (Å²) in [5, 5.41) is 1.14. The van der Waals surface area contributed by atoms with Crippen LogP contribution in [0.2, 0.25) is 0 Å². The molecule has 0 atom stereocenters. The first-order valence-corrected chi connectivity index (χ1v) is 7.95. The number of fused-ring (bicyclic) bond motifs is 1. The van der Waals surface area contributed by atoms with Crippen molar-refractivity contribution >= 4 is 23.5 Å². The third kappa shape index (κ3) is 2.55. The number of nitrogens with zero attached hydrogens (tertiary/aromatic N) is 1. The van der Waals surface area contributed by atoms with E-state index in [2.05, 4.69) is 70.8 Å². The Balaban J connectivity index is 1.99. The second kappa shape index (κ2) is 5.07. The Labute approximate surface area is 133 Å². The Hall–Kier alpha value is -1.39. The molecule has 0 aliphatic carbocycles. The first kappa shape index (κ1) is 15.5. The lowest BCUT2D eigenvalue weighted by Crippen LogP contribution is -2.41. The SMILES string of the molecule is CC(C)c1ccc2ncc(B3OC(C)(C)C(C)(C)O3)cc2c1. The number of pyridine rings is 1. The molecule has 0 unspecified atom stereocenters. The number of hydrogen-bond donors (Lipinski definition) is 0. The van der Waals surface area contributed by atoms with Crippen molar-refractivity contribution in [1.29, 1.82) is 0 Å². The van der Waals surface area contributed by atoms with Gasteiger partial charge in [0.15, 0.2) is 0 Å². The van der Waals surface area contributed by atoms with Gasteiger partial charge in [-0.2, -0.15) is 0 Å². The van der Waals surface area contributed by atoms with E-state index in [0.717, 1.165) is 16.4 Å². The van der Waals surface area contributed by atoms with Gasteiger partial charge >= 0.3 is 7.12 Å². The first-order valence-electron chi connectivity index (χ1n) is 7.95. The Morgan fingerprint density at radius 1 is 1.00 bits per heavy atom. The van der Waals surface area contributed by atoms with E-state index in [4.69, 9.17) is 9.31 Å². The molecule has 1 fully saturated rings. The monoisotopic (exact) mass is 297 g/mol. The van der Waals surface area contributed by atoms with Crippen molar-refractivity contribution in [2.75, 3.05) is 0 Å². The summed E-state index contributed by atoms with van der Waals surface area (Å²) in [4.78, 5) is 4.56. The van der Waals surface area contributed by atoms with Crippen LogP contribution < -0.4 is 5.46 Å². The Morgan fingerprint density at radius 3 is 2.23 bits per heavy atom. The van der Waals surface area contributed by atoms with Gasteiger partial charge in [0.25, 0.3) is 0 Å². The van der Waals surface area contributed by atoms with Gasteiger partial charge in [-0.05, 0) is 51.3 Å². The minimum Gasteiger partial charge on any atom is -0.399 e. The smallest absolute Gasteiger partial charge is 0.399 e. The third-order valence-corrected chi connectivity index (χ3v) is 4.92. The molecule has 0 spiro atoms. The van der Waals surface area contributed by atoms with Crippen LogP contribution in [0.25, 0.3) is 10.9 Å². The van der Waals surface area contributed by atoms with E-state index < -0.39 is 0 Å². The van der Waals surface area contributed by atoms with Gasteiger partial charge < -0.3 is 9.31 Å². The fraction of sp³-hybridized carbons (Fsp3) is 0.500. The van der Waals surface area contributed by atoms with Crippen LogP contribution in [0.1, 0.15) is 53.0 Å². The minimum absolute atomic E-state index is 0.327. The van der Waals surface area contributed by atoms with Crippen LogP contribution in [0.15, 0.2) is 30.5 Å². The van der Waals surface area contributed by atoms with Crippen molar-refractivity contribution < 1.29 is 9.31 Å². The Bertz CT molecular complexity index is 693. The van der Waals surface area contributed by atoms with Gasteiger partial charge in [-0.3, -0.25) is 4.98 Å². The van der Waals surface area contributed by atoms with E-state index in [1.54, 1.807) is 0 Å². The van der Waals surface area contributed by atoms with Crippen molar-refractivity contribution in [3.63, 3.8) is 0 Å². The Kier molecular flexibility index (Phi) is 3.57. The summed E-state index contributed by atoms with van der Waals surface area (Å²) < 4.78 is 12.2. The largest absolute Gasteiger partial charge is 0.496 e. The molecule has 0 amide bonds. The number of benzene rings is 1. The van der Waals surface area contributed by atoms with Gasteiger partial charge in [-0.1, -0.05) is 26.0 Å². The van der Waals surface area contributed by atoms with E-state index >= 15 is 0 Å². The molecule has 2 heterocycles. The quantitative estimate of drug-likeness (QED) is 0.793. The van der Waals surface area contributed by atoms with Crippen molar-refractivity contribution in [2.45, 2.75) is 58.7 Å². The van der Waals surface area contributed by atoms with Crippen LogP contribution in [0, 0.1) is 0 Å². The zero-order valence-corrected chi connectivity index (χ0v) is 14.3. The molecule has 116 valence electrons. The third-order valence-electron chi connectivity index (χ3n) is 4.92. The predicted octanol–water partition coefficient (Wildman–Crippen LogP) is 3.66. The fourth-order valence-corrected chi connectivity index (χ4v) is 2.63. The van der Waals surface area contributed by atoms with Crippen molar-refractivity contribution in [1.82, 2.24) is 4.98 Å². The normalized spacial score (nSPS) is 20.0.